The minimum atomic E-state index is -0.287. The van der Waals surface area contributed by atoms with Crippen molar-refractivity contribution in [2.24, 2.45) is 0 Å². The van der Waals surface area contributed by atoms with Gasteiger partial charge in [0, 0.05) is 26.9 Å². The minimum absolute atomic E-state index is 0.287. The first-order chi connectivity index (χ1) is 14.5. The molecule has 152 valence electrons. The van der Waals surface area contributed by atoms with Crippen LogP contribution in [0.15, 0.2) is 51.3 Å². The fourth-order valence-electron chi connectivity index (χ4n) is 2.47. The summed E-state index contributed by atoms with van der Waals surface area (Å²) in [6, 6.07) is 12.2. The monoisotopic (exact) mass is 477 g/mol. The molecule has 1 N–H and O–H groups in total. The lowest BCUT2D eigenvalue weighted by Gasteiger charge is -2.04. The van der Waals surface area contributed by atoms with E-state index in [1.807, 2.05) is 0 Å². The molecule has 0 radical (unpaired) electrons. The Hall–Kier alpha value is -2.46. The summed E-state index contributed by atoms with van der Waals surface area (Å²) >= 11 is 15.1. The lowest BCUT2D eigenvalue weighted by Crippen LogP contribution is -2.11. The van der Waals surface area contributed by atoms with Gasteiger partial charge >= 0.3 is 0 Å². The number of nitrogens with one attached hydrogen (secondary N) is 1. The molecule has 2 heterocycles. The number of carbonyl (C=O) groups is 1. The van der Waals surface area contributed by atoms with Gasteiger partial charge in [-0.05, 0) is 48.9 Å². The van der Waals surface area contributed by atoms with Crippen LogP contribution in [-0.4, -0.2) is 26.2 Å². The van der Waals surface area contributed by atoms with Gasteiger partial charge in [0.1, 0.15) is 0 Å². The third-order valence-corrected chi connectivity index (χ3v) is 6.66. The third-order valence-electron chi connectivity index (χ3n) is 3.95. The van der Waals surface area contributed by atoms with E-state index in [-0.39, 0.29) is 5.91 Å². The molecule has 0 atom stereocenters. The number of anilines is 1. The van der Waals surface area contributed by atoms with Gasteiger partial charge in [-0.3, -0.25) is 10.1 Å². The number of benzene rings is 2. The van der Waals surface area contributed by atoms with Crippen LogP contribution < -0.4 is 5.32 Å². The molecule has 2 aromatic heterocycles. The Morgan fingerprint density at radius 1 is 1.13 bits per heavy atom. The van der Waals surface area contributed by atoms with Crippen LogP contribution in [0.1, 0.15) is 21.7 Å². The molecule has 0 unspecified atom stereocenters. The number of halogens is 2. The van der Waals surface area contributed by atoms with Crippen LogP contribution in [0, 0.1) is 6.92 Å². The zero-order chi connectivity index (χ0) is 21.1. The summed E-state index contributed by atoms with van der Waals surface area (Å²) in [5, 5.41) is 16.2. The second-order valence-corrected chi connectivity index (χ2v) is 9.05. The van der Waals surface area contributed by atoms with Gasteiger partial charge < -0.3 is 4.52 Å². The number of nitrogens with zero attached hydrogens (tertiary/aromatic N) is 4. The smallest absolute Gasteiger partial charge is 0.257 e. The summed E-state index contributed by atoms with van der Waals surface area (Å²) in [5.74, 6) is 1.22. The number of aryl methyl sites for hydroxylation is 1. The molecule has 0 fully saturated rings. The van der Waals surface area contributed by atoms with Gasteiger partial charge in [0.25, 0.3) is 11.8 Å². The fourth-order valence-corrected chi connectivity index (χ4v) is 4.96. The largest absolute Gasteiger partial charge is 0.334 e. The molecule has 11 heteroatoms. The van der Waals surface area contributed by atoms with E-state index in [2.05, 4.69) is 25.7 Å². The molecule has 0 aliphatic rings. The summed E-state index contributed by atoms with van der Waals surface area (Å²) in [5.41, 5.74) is 2.05. The van der Waals surface area contributed by atoms with Gasteiger partial charge in [0.15, 0.2) is 10.2 Å². The Kier molecular flexibility index (Phi) is 6.33. The van der Waals surface area contributed by atoms with Crippen molar-refractivity contribution in [1.82, 2.24) is 20.3 Å². The predicted molar refractivity (Wildman–Crippen MR) is 118 cm³/mol. The highest BCUT2D eigenvalue weighted by Gasteiger charge is 2.13. The first kappa shape index (κ1) is 20.8. The number of hydrogen-bond donors (Lipinski definition) is 1. The number of hydrogen-bond acceptors (Lipinski definition) is 8. The first-order valence-electron chi connectivity index (χ1n) is 8.61. The van der Waals surface area contributed by atoms with Crippen LogP contribution >= 0.6 is 46.3 Å². The molecule has 0 aliphatic carbocycles. The van der Waals surface area contributed by atoms with Gasteiger partial charge in [0.05, 0.1) is 0 Å². The molecule has 0 bridgehead atoms. The lowest BCUT2D eigenvalue weighted by molar-refractivity contribution is 0.102. The molecule has 2 aromatic carbocycles. The Morgan fingerprint density at radius 2 is 1.87 bits per heavy atom. The summed E-state index contributed by atoms with van der Waals surface area (Å²) < 4.78 is 5.82. The van der Waals surface area contributed by atoms with Crippen molar-refractivity contribution in [3.8, 4) is 11.5 Å². The summed E-state index contributed by atoms with van der Waals surface area (Å²) in [6.07, 6.45) is 0. The van der Waals surface area contributed by atoms with Crippen LogP contribution in [0.5, 0.6) is 0 Å². The maximum Gasteiger partial charge on any atom is 0.257 e. The van der Waals surface area contributed by atoms with E-state index in [1.54, 1.807) is 49.4 Å². The van der Waals surface area contributed by atoms with Crippen molar-refractivity contribution < 1.29 is 9.32 Å². The van der Waals surface area contributed by atoms with Crippen LogP contribution in [0.3, 0.4) is 0 Å². The molecule has 0 saturated heterocycles. The van der Waals surface area contributed by atoms with E-state index >= 15 is 0 Å². The minimum Gasteiger partial charge on any atom is -0.334 e. The van der Waals surface area contributed by atoms with E-state index in [4.69, 9.17) is 27.7 Å². The Bertz CT molecular complexity index is 1170. The van der Waals surface area contributed by atoms with Crippen molar-refractivity contribution in [2.45, 2.75) is 17.0 Å². The van der Waals surface area contributed by atoms with Gasteiger partial charge in [-0.2, -0.15) is 4.98 Å². The maximum absolute atomic E-state index is 12.5. The van der Waals surface area contributed by atoms with E-state index in [9.17, 15) is 4.79 Å². The van der Waals surface area contributed by atoms with Crippen molar-refractivity contribution in [2.75, 3.05) is 5.32 Å². The molecule has 0 saturated carbocycles. The molecular formula is C19H13Cl2N5O2S2. The number of aromatic nitrogens is 4. The molecule has 0 spiro atoms. The normalized spacial score (nSPS) is 10.9. The zero-order valence-electron chi connectivity index (χ0n) is 15.4. The number of carbonyl (C=O) groups excluding carboxylic acids is 1. The van der Waals surface area contributed by atoms with Crippen LogP contribution in [0.25, 0.3) is 11.5 Å². The molecule has 0 aliphatic heterocycles. The Morgan fingerprint density at radius 3 is 2.53 bits per heavy atom. The highest BCUT2D eigenvalue weighted by molar-refractivity contribution is 8.00. The molecule has 7 nitrogen and oxygen atoms in total. The topological polar surface area (TPSA) is 93.8 Å². The zero-order valence-corrected chi connectivity index (χ0v) is 18.6. The highest BCUT2D eigenvalue weighted by atomic mass is 35.5. The number of amides is 1. The van der Waals surface area contributed by atoms with Crippen LogP contribution in [0.2, 0.25) is 10.0 Å². The first-order valence-corrected chi connectivity index (χ1v) is 11.2. The van der Waals surface area contributed by atoms with Gasteiger partial charge in [-0.25, -0.2) is 0 Å². The molecule has 1 amide bonds. The predicted octanol–water partition coefficient (Wildman–Crippen LogP) is 5.75. The van der Waals surface area contributed by atoms with E-state index in [0.29, 0.717) is 42.5 Å². The molecule has 4 aromatic rings. The second kappa shape index (κ2) is 9.13. The third kappa shape index (κ3) is 4.81. The highest BCUT2D eigenvalue weighted by Crippen LogP contribution is 2.33. The van der Waals surface area contributed by atoms with E-state index < -0.39 is 0 Å². The summed E-state index contributed by atoms with van der Waals surface area (Å²) in [7, 11) is 0. The quantitative estimate of drug-likeness (QED) is 0.279. The Labute approximate surface area is 189 Å². The SMILES string of the molecule is Cc1noc(-c2ccc(C(=O)Nc3nnc(SCc4c(Cl)cccc4Cl)s3)cc2)n1. The van der Waals surface area contributed by atoms with Crippen LogP contribution in [0.4, 0.5) is 5.13 Å². The summed E-state index contributed by atoms with van der Waals surface area (Å²) in [6.45, 7) is 1.74. The van der Waals surface area contributed by atoms with Crippen molar-refractivity contribution in [1.29, 1.82) is 0 Å². The summed E-state index contributed by atoms with van der Waals surface area (Å²) in [4.78, 5) is 16.6. The van der Waals surface area contributed by atoms with Crippen LogP contribution in [-0.2, 0) is 5.75 Å². The van der Waals surface area contributed by atoms with E-state index in [1.165, 1.54) is 23.1 Å². The maximum atomic E-state index is 12.5. The lowest BCUT2D eigenvalue weighted by atomic mass is 10.1. The molecule has 30 heavy (non-hydrogen) atoms. The second-order valence-electron chi connectivity index (χ2n) is 6.04. The molecule has 4 rings (SSSR count). The molecular weight excluding hydrogens is 465 g/mol. The number of rotatable bonds is 6. The average Bonchev–Trinajstić information content (AvgIpc) is 3.36. The van der Waals surface area contributed by atoms with Crippen molar-refractivity contribution in [3.63, 3.8) is 0 Å². The average molecular weight is 478 g/mol. The van der Waals surface area contributed by atoms with Crippen molar-refractivity contribution in [3.05, 3.63) is 69.5 Å². The van der Waals surface area contributed by atoms with Gasteiger partial charge in [-0.1, -0.05) is 57.5 Å². The van der Waals surface area contributed by atoms with Gasteiger partial charge in [0.2, 0.25) is 5.13 Å². The fraction of sp³-hybridized carbons (Fsp3) is 0.105. The van der Waals surface area contributed by atoms with Crippen molar-refractivity contribution >= 4 is 57.3 Å². The standard InChI is InChI=1S/C19H13Cl2N5O2S2/c1-10-22-17(28-26-10)12-7-5-11(6-8-12)16(27)23-18-24-25-19(30-18)29-9-13-14(20)3-2-4-15(13)21/h2-8H,9H2,1H3,(H,23,24,27). The van der Waals surface area contributed by atoms with E-state index in [0.717, 1.165) is 11.1 Å². The van der Waals surface area contributed by atoms with Gasteiger partial charge in [-0.15, -0.1) is 10.2 Å². The Balaban J connectivity index is 1.38. The number of thioether (sulfide) groups is 1.